The first-order chi connectivity index (χ1) is 12.4. The molecular formula is C17H15F3N4O2. The molecule has 3 aromatic rings. The Morgan fingerprint density at radius 2 is 2.04 bits per heavy atom. The first kappa shape index (κ1) is 17.9. The number of methoxy groups -OCH3 is 1. The number of hydrogen-bond acceptors (Lipinski definition) is 4. The van der Waals surface area contributed by atoms with E-state index < -0.39 is 11.7 Å². The van der Waals surface area contributed by atoms with E-state index in [1.54, 1.807) is 12.1 Å². The topological polar surface area (TPSA) is 68.5 Å². The van der Waals surface area contributed by atoms with E-state index in [1.807, 2.05) is 0 Å². The van der Waals surface area contributed by atoms with Gasteiger partial charge in [0.15, 0.2) is 11.5 Å². The number of fused-ring (bicyclic) bond motifs is 1. The maximum Gasteiger partial charge on any atom is 0.416 e. The molecule has 0 aliphatic heterocycles. The second-order valence-electron chi connectivity index (χ2n) is 5.50. The molecule has 0 bridgehead atoms. The maximum absolute atomic E-state index is 12.9. The lowest BCUT2D eigenvalue weighted by molar-refractivity contribution is -0.137. The van der Waals surface area contributed by atoms with Gasteiger partial charge in [0.1, 0.15) is 0 Å². The Labute approximate surface area is 146 Å². The number of halogens is 3. The largest absolute Gasteiger partial charge is 0.416 e. The molecular weight excluding hydrogens is 349 g/mol. The Kier molecular flexibility index (Phi) is 4.90. The van der Waals surface area contributed by atoms with E-state index in [0.717, 1.165) is 12.1 Å². The predicted octanol–water partition coefficient (Wildman–Crippen LogP) is 2.79. The highest BCUT2D eigenvalue weighted by molar-refractivity contribution is 5.94. The number of carbonyl (C=O) groups is 1. The van der Waals surface area contributed by atoms with Gasteiger partial charge in [0.25, 0.3) is 5.91 Å². The van der Waals surface area contributed by atoms with Crippen molar-refractivity contribution >= 4 is 11.6 Å². The fraction of sp³-hybridized carbons (Fsp3) is 0.235. The lowest BCUT2D eigenvalue weighted by Crippen LogP contribution is -2.27. The van der Waals surface area contributed by atoms with Crippen molar-refractivity contribution in [3.63, 3.8) is 0 Å². The van der Waals surface area contributed by atoms with Crippen LogP contribution < -0.4 is 5.32 Å². The molecule has 2 aromatic heterocycles. The van der Waals surface area contributed by atoms with Crippen molar-refractivity contribution in [2.75, 3.05) is 20.3 Å². The van der Waals surface area contributed by atoms with Gasteiger partial charge in [-0.25, -0.2) is 0 Å². The molecule has 2 heterocycles. The summed E-state index contributed by atoms with van der Waals surface area (Å²) in [4.78, 5) is 12.1. The molecule has 1 N–H and O–H groups in total. The highest BCUT2D eigenvalue weighted by Gasteiger charge is 2.30. The summed E-state index contributed by atoms with van der Waals surface area (Å²) in [5.74, 6) is -0.106. The molecule has 0 atom stereocenters. The molecule has 0 saturated carbocycles. The number of hydrogen-bond donors (Lipinski definition) is 1. The van der Waals surface area contributed by atoms with Gasteiger partial charge in [-0.05, 0) is 24.3 Å². The van der Waals surface area contributed by atoms with Crippen LogP contribution in [0.5, 0.6) is 0 Å². The van der Waals surface area contributed by atoms with Crippen molar-refractivity contribution in [3.05, 3.63) is 53.7 Å². The standard InChI is InChI=1S/C17H15F3N4O2/c1-26-8-7-21-16(25)12-5-6-14-22-23-15(24(14)10-12)11-3-2-4-13(9-11)17(18,19)20/h2-6,9-10H,7-8H2,1H3,(H,21,25). The van der Waals surface area contributed by atoms with Gasteiger partial charge in [-0.3, -0.25) is 9.20 Å². The third-order valence-corrected chi connectivity index (χ3v) is 3.70. The van der Waals surface area contributed by atoms with Crippen LogP contribution in [-0.2, 0) is 10.9 Å². The minimum Gasteiger partial charge on any atom is -0.383 e. The summed E-state index contributed by atoms with van der Waals surface area (Å²) < 4.78 is 45.2. The van der Waals surface area contributed by atoms with Gasteiger partial charge in [0.05, 0.1) is 17.7 Å². The molecule has 0 aliphatic rings. The second-order valence-corrected chi connectivity index (χ2v) is 5.50. The molecule has 0 spiro atoms. The van der Waals surface area contributed by atoms with E-state index in [4.69, 9.17) is 4.74 Å². The second kappa shape index (κ2) is 7.12. The van der Waals surface area contributed by atoms with Crippen molar-refractivity contribution in [2.24, 2.45) is 0 Å². The Bertz CT molecular complexity index is 937. The summed E-state index contributed by atoms with van der Waals surface area (Å²) in [7, 11) is 1.52. The van der Waals surface area contributed by atoms with Crippen molar-refractivity contribution in [2.45, 2.75) is 6.18 Å². The fourth-order valence-corrected chi connectivity index (χ4v) is 2.43. The van der Waals surface area contributed by atoms with E-state index in [-0.39, 0.29) is 17.3 Å². The quantitative estimate of drug-likeness (QED) is 0.707. The summed E-state index contributed by atoms with van der Waals surface area (Å²) in [6.45, 7) is 0.714. The van der Waals surface area contributed by atoms with Gasteiger partial charge in [-0.15, -0.1) is 10.2 Å². The first-order valence-corrected chi connectivity index (χ1v) is 7.69. The van der Waals surface area contributed by atoms with E-state index in [2.05, 4.69) is 15.5 Å². The molecule has 1 amide bonds. The molecule has 0 radical (unpaired) electrons. The fourth-order valence-electron chi connectivity index (χ4n) is 2.43. The average molecular weight is 364 g/mol. The van der Waals surface area contributed by atoms with Crippen LogP contribution >= 0.6 is 0 Å². The Morgan fingerprint density at radius 3 is 2.77 bits per heavy atom. The van der Waals surface area contributed by atoms with Gasteiger partial charge in [-0.2, -0.15) is 13.2 Å². The monoisotopic (exact) mass is 364 g/mol. The molecule has 0 saturated heterocycles. The van der Waals surface area contributed by atoms with Crippen molar-refractivity contribution in [1.82, 2.24) is 19.9 Å². The molecule has 3 rings (SSSR count). The number of pyridine rings is 1. The maximum atomic E-state index is 12.9. The summed E-state index contributed by atoms with van der Waals surface area (Å²) in [6.07, 6.45) is -2.96. The Balaban J connectivity index is 1.97. The highest BCUT2D eigenvalue weighted by Crippen LogP contribution is 2.31. The summed E-state index contributed by atoms with van der Waals surface area (Å²) in [5.41, 5.74) is 0.233. The average Bonchev–Trinajstić information content (AvgIpc) is 3.04. The van der Waals surface area contributed by atoms with Crippen LogP contribution in [0.4, 0.5) is 13.2 Å². The number of rotatable bonds is 5. The summed E-state index contributed by atoms with van der Waals surface area (Å²) in [5, 5.41) is 10.6. The van der Waals surface area contributed by atoms with E-state index in [9.17, 15) is 18.0 Å². The molecule has 0 aliphatic carbocycles. The van der Waals surface area contributed by atoms with Gasteiger partial charge in [-0.1, -0.05) is 12.1 Å². The van der Waals surface area contributed by atoms with Gasteiger partial charge >= 0.3 is 6.18 Å². The molecule has 26 heavy (non-hydrogen) atoms. The molecule has 136 valence electrons. The van der Waals surface area contributed by atoms with Crippen molar-refractivity contribution in [3.8, 4) is 11.4 Å². The number of ether oxygens (including phenoxy) is 1. The van der Waals surface area contributed by atoms with Crippen LogP contribution in [-0.4, -0.2) is 40.8 Å². The van der Waals surface area contributed by atoms with Gasteiger partial charge < -0.3 is 10.1 Å². The van der Waals surface area contributed by atoms with Crippen molar-refractivity contribution < 1.29 is 22.7 Å². The number of benzene rings is 1. The van der Waals surface area contributed by atoms with E-state index in [0.29, 0.717) is 24.4 Å². The lowest BCUT2D eigenvalue weighted by atomic mass is 10.1. The first-order valence-electron chi connectivity index (χ1n) is 7.69. The van der Waals surface area contributed by atoms with Crippen LogP contribution in [0, 0.1) is 0 Å². The molecule has 1 aromatic carbocycles. The smallest absolute Gasteiger partial charge is 0.383 e. The van der Waals surface area contributed by atoms with Crippen molar-refractivity contribution in [1.29, 1.82) is 0 Å². The van der Waals surface area contributed by atoms with Crippen LogP contribution in [0.1, 0.15) is 15.9 Å². The Hall–Kier alpha value is -2.94. The SMILES string of the molecule is COCCNC(=O)c1ccc2nnc(-c3cccc(C(F)(F)F)c3)n2c1. The van der Waals surface area contributed by atoms with Crippen LogP contribution in [0.25, 0.3) is 17.0 Å². The Morgan fingerprint density at radius 1 is 1.23 bits per heavy atom. The highest BCUT2D eigenvalue weighted by atomic mass is 19.4. The number of nitrogens with one attached hydrogen (secondary N) is 1. The minimum atomic E-state index is -4.46. The molecule has 0 unspecified atom stereocenters. The zero-order valence-electron chi connectivity index (χ0n) is 13.7. The zero-order valence-corrected chi connectivity index (χ0v) is 13.7. The van der Waals surface area contributed by atoms with E-state index in [1.165, 1.54) is 29.8 Å². The van der Waals surface area contributed by atoms with Crippen LogP contribution in [0.2, 0.25) is 0 Å². The minimum absolute atomic E-state index is 0.220. The van der Waals surface area contributed by atoms with Crippen LogP contribution in [0.15, 0.2) is 42.6 Å². The summed E-state index contributed by atoms with van der Waals surface area (Å²) >= 11 is 0. The predicted molar refractivity (Wildman–Crippen MR) is 87.6 cm³/mol. The van der Waals surface area contributed by atoms with E-state index >= 15 is 0 Å². The molecule has 0 fully saturated rings. The van der Waals surface area contributed by atoms with Gasteiger partial charge in [0, 0.05) is 25.4 Å². The zero-order chi connectivity index (χ0) is 18.7. The molecule has 9 heteroatoms. The van der Waals surface area contributed by atoms with Gasteiger partial charge in [0.2, 0.25) is 0 Å². The number of aromatic nitrogens is 3. The van der Waals surface area contributed by atoms with Crippen LogP contribution in [0.3, 0.4) is 0 Å². The number of amides is 1. The summed E-state index contributed by atoms with van der Waals surface area (Å²) in [6, 6.07) is 7.96. The normalized spacial score (nSPS) is 11.7. The number of alkyl halides is 3. The molecule has 6 nitrogen and oxygen atoms in total. The lowest BCUT2D eigenvalue weighted by Gasteiger charge is -2.08. The third-order valence-electron chi connectivity index (χ3n) is 3.70. The number of carbonyl (C=O) groups excluding carboxylic acids is 1. The number of nitrogens with zero attached hydrogens (tertiary/aromatic N) is 3. The third kappa shape index (κ3) is 3.67.